The minimum atomic E-state index is -3.51. The molecule has 0 radical (unpaired) electrons. The lowest BCUT2D eigenvalue weighted by molar-refractivity contribution is 0.214. The van der Waals surface area contributed by atoms with Gasteiger partial charge in [0.05, 0.1) is 13.2 Å². The molecule has 28 heavy (non-hydrogen) atoms. The fourth-order valence-corrected chi connectivity index (χ4v) is 5.41. The van der Waals surface area contributed by atoms with Crippen molar-refractivity contribution in [3.8, 4) is 10.6 Å². The highest BCUT2D eigenvalue weighted by Crippen LogP contribution is 2.60. The third kappa shape index (κ3) is 4.83. The van der Waals surface area contributed by atoms with Crippen molar-refractivity contribution in [2.24, 2.45) is 0 Å². The lowest BCUT2D eigenvalue weighted by Gasteiger charge is -2.27. The third-order valence-electron chi connectivity index (χ3n) is 3.83. The van der Waals surface area contributed by atoms with Crippen LogP contribution in [0.2, 0.25) is 0 Å². The predicted molar refractivity (Wildman–Crippen MR) is 109 cm³/mol. The molecular formula is C19H21FN3O3PS. The Kier molecular flexibility index (Phi) is 6.91. The number of aromatic nitrogens is 2. The molecule has 0 aliphatic rings. The number of nitrogens with zero attached hydrogens (tertiary/aromatic N) is 2. The van der Waals surface area contributed by atoms with E-state index in [0.717, 1.165) is 11.1 Å². The fourth-order valence-electron chi connectivity index (χ4n) is 2.63. The summed E-state index contributed by atoms with van der Waals surface area (Å²) in [6, 6.07) is 15.3. The average molecular weight is 421 g/mol. The van der Waals surface area contributed by atoms with Gasteiger partial charge in [0, 0.05) is 5.56 Å². The first-order valence-electron chi connectivity index (χ1n) is 8.85. The lowest BCUT2D eigenvalue weighted by Crippen LogP contribution is -2.15. The standard InChI is InChI=1S/C19H21FN3O3PS/c1-3-25-27(24,26-4-2)17(14-8-6-5-7-9-14)21-19-23-22-18(28-19)15-10-12-16(20)13-11-15/h5-13,17H,3-4H2,1-2H3,(H,21,23). The molecule has 0 bridgehead atoms. The van der Waals surface area contributed by atoms with Crippen LogP contribution in [-0.2, 0) is 13.6 Å². The molecule has 6 nitrogen and oxygen atoms in total. The first-order chi connectivity index (χ1) is 13.6. The van der Waals surface area contributed by atoms with E-state index in [4.69, 9.17) is 9.05 Å². The Morgan fingerprint density at radius 1 is 1.04 bits per heavy atom. The molecule has 1 unspecified atom stereocenters. The van der Waals surface area contributed by atoms with E-state index < -0.39 is 13.4 Å². The van der Waals surface area contributed by atoms with E-state index in [-0.39, 0.29) is 19.0 Å². The zero-order valence-electron chi connectivity index (χ0n) is 15.5. The summed E-state index contributed by atoms with van der Waals surface area (Å²) in [4.78, 5) is 0. The zero-order valence-corrected chi connectivity index (χ0v) is 17.3. The summed E-state index contributed by atoms with van der Waals surface area (Å²) >= 11 is 1.28. The summed E-state index contributed by atoms with van der Waals surface area (Å²) in [6.07, 6.45) is 0. The van der Waals surface area contributed by atoms with E-state index in [9.17, 15) is 8.96 Å². The van der Waals surface area contributed by atoms with Crippen LogP contribution in [0.15, 0.2) is 54.6 Å². The summed E-state index contributed by atoms with van der Waals surface area (Å²) < 4.78 is 37.7. The van der Waals surface area contributed by atoms with Crippen molar-refractivity contribution >= 4 is 24.1 Å². The normalized spacial score (nSPS) is 12.7. The molecule has 1 N–H and O–H groups in total. The molecule has 0 saturated carbocycles. The molecule has 148 valence electrons. The van der Waals surface area contributed by atoms with E-state index in [2.05, 4.69) is 15.5 Å². The zero-order chi connectivity index (χ0) is 20.0. The Morgan fingerprint density at radius 3 is 2.29 bits per heavy atom. The molecular weight excluding hydrogens is 400 g/mol. The minimum absolute atomic E-state index is 0.249. The molecule has 9 heteroatoms. The van der Waals surface area contributed by atoms with Gasteiger partial charge >= 0.3 is 7.60 Å². The topological polar surface area (TPSA) is 73.3 Å². The van der Waals surface area contributed by atoms with Gasteiger partial charge in [-0.05, 0) is 43.7 Å². The number of hydrogen-bond acceptors (Lipinski definition) is 7. The number of benzene rings is 2. The quantitative estimate of drug-likeness (QED) is 0.446. The van der Waals surface area contributed by atoms with E-state index in [1.165, 1.54) is 23.5 Å². The van der Waals surface area contributed by atoms with Crippen molar-refractivity contribution in [3.05, 3.63) is 66.0 Å². The molecule has 1 aromatic heterocycles. The molecule has 1 atom stereocenters. The Bertz CT molecular complexity index is 927. The van der Waals surface area contributed by atoms with Crippen LogP contribution in [0, 0.1) is 5.82 Å². The van der Waals surface area contributed by atoms with Gasteiger partial charge in [0.15, 0.2) is 5.78 Å². The van der Waals surface area contributed by atoms with Gasteiger partial charge < -0.3 is 14.4 Å². The highest BCUT2D eigenvalue weighted by atomic mass is 32.1. The smallest absolute Gasteiger partial charge is 0.342 e. The summed E-state index contributed by atoms with van der Waals surface area (Å²) in [5.41, 5.74) is 1.51. The van der Waals surface area contributed by atoms with E-state index in [1.807, 2.05) is 30.3 Å². The Balaban J connectivity index is 1.92. The number of hydrogen-bond donors (Lipinski definition) is 1. The largest absolute Gasteiger partial charge is 0.357 e. The van der Waals surface area contributed by atoms with Crippen molar-refractivity contribution in [3.63, 3.8) is 0 Å². The van der Waals surface area contributed by atoms with Crippen LogP contribution in [0.5, 0.6) is 0 Å². The Labute approximate surface area is 167 Å². The van der Waals surface area contributed by atoms with Crippen LogP contribution < -0.4 is 5.32 Å². The maximum absolute atomic E-state index is 13.4. The van der Waals surface area contributed by atoms with Gasteiger partial charge in [0.2, 0.25) is 5.13 Å². The maximum Gasteiger partial charge on any atom is 0.357 e. The van der Waals surface area contributed by atoms with Crippen molar-refractivity contribution in [2.75, 3.05) is 18.5 Å². The molecule has 0 aliphatic heterocycles. The summed E-state index contributed by atoms with van der Waals surface area (Å²) in [6.45, 7) is 4.04. The van der Waals surface area contributed by atoms with Crippen LogP contribution in [0.3, 0.4) is 0 Å². The van der Waals surface area contributed by atoms with Crippen LogP contribution >= 0.6 is 18.9 Å². The number of rotatable bonds is 9. The minimum Gasteiger partial charge on any atom is -0.342 e. The molecule has 0 fully saturated rings. The van der Waals surface area contributed by atoms with Gasteiger partial charge in [-0.25, -0.2) is 4.39 Å². The molecule has 3 aromatic rings. The summed E-state index contributed by atoms with van der Waals surface area (Å²) in [7, 11) is -3.51. The second-order valence-electron chi connectivity index (χ2n) is 5.75. The summed E-state index contributed by atoms with van der Waals surface area (Å²) in [5.74, 6) is -1.05. The van der Waals surface area contributed by atoms with Crippen molar-refractivity contribution < 1.29 is 18.0 Å². The maximum atomic E-state index is 13.4. The van der Waals surface area contributed by atoms with E-state index in [1.54, 1.807) is 26.0 Å². The second-order valence-corrected chi connectivity index (χ2v) is 8.84. The summed E-state index contributed by atoms with van der Waals surface area (Å²) in [5, 5.41) is 12.5. The van der Waals surface area contributed by atoms with Crippen LogP contribution in [0.4, 0.5) is 9.52 Å². The van der Waals surface area contributed by atoms with Gasteiger partial charge in [-0.2, -0.15) is 0 Å². The molecule has 0 aliphatic carbocycles. The number of halogens is 1. The van der Waals surface area contributed by atoms with Gasteiger partial charge in [-0.1, -0.05) is 41.7 Å². The average Bonchev–Trinajstić information content (AvgIpc) is 3.16. The van der Waals surface area contributed by atoms with Crippen LogP contribution in [0.25, 0.3) is 10.6 Å². The second kappa shape index (κ2) is 9.39. The molecule has 3 rings (SSSR count). The Morgan fingerprint density at radius 2 is 1.68 bits per heavy atom. The number of nitrogens with one attached hydrogen (secondary N) is 1. The molecule has 0 spiro atoms. The van der Waals surface area contributed by atoms with Gasteiger partial charge in [-0.3, -0.25) is 4.57 Å². The van der Waals surface area contributed by atoms with Crippen molar-refractivity contribution in [2.45, 2.75) is 19.6 Å². The first kappa shape index (κ1) is 20.6. The molecule has 1 heterocycles. The predicted octanol–water partition coefficient (Wildman–Crippen LogP) is 5.72. The SMILES string of the molecule is CCOP(=O)(OCC)C(Nc1nnc(-c2ccc(F)cc2)s1)c1ccccc1. The highest BCUT2D eigenvalue weighted by Gasteiger charge is 2.37. The van der Waals surface area contributed by atoms with E-state index in [0.29, 0.717) is 10.1 Å². The van der Waals surface area contributed by atoms with E-state index >= 15 is 0 Å². The van der Waals surface area contributed by atoms with Gasteiger partial charge in [-0.15, -0.1) is 10.2 Å². The fraction of sp³-hybridized carbons (Fsp3) is 0.263. The molecule has 0 saturated heterocycles. The molecule has 0 amide bonds. The first-order valence-corrected chi connectivity index (χ1v) is 11.3. The Hall–Kier alpha value is -2.12. The van der Waals surface area contributed by atoms with Crippen molar-refractivity contribution in [1.29, 1.82) is 0 Å². The van der Waals surface area contributed by atoms with Crippen LogP contribution in [-0.4, -0.2) is 23.4 Å². The van der Waals surface area contributed by atoms with Crippen LogP contribution in [0.1, 0.15) is 25.2 Å². The monoisotopic (exact) mass is 421 g/mol. The van der Waals surface area contributed by atoms with Gasteiger partial charge in [0.1, 0.15) is 10.8 Å². The molecule has 2 aromatic carbocycles. The lowest BCUT2D eigenvalue weighted by atomic mass is 10.2. The highest BCUT2D eigenvalue weighted by molar-refractivity contribution is 7.54. The van der Waals surface area contributed by atoms with Gasteiger partial charge in [0.25, 0.3) is 0 Å². The number of anilines is 1. The third-order valence-corrected chi connectivity index (χ3v) is 7.03. The van der Waals surface area contributed by atoms with Crippen molar-refractivity contribution in [1.82, 2.24) is 10.2 Å².